The number of nitrogens with zero attached hydrogens (tertiary/aromatic N) is 3. The normalized spacial score (nSPS) is 17.1. The summed E-state index contributed by atoms with van der Waals surface area (Å²) in [5.41, 5.74) is 1.51. The molecule has 1 aromatic carbocycles. The van der Waals surface area contributed by atoms with Gasteiger partial charge in [0.15, 0.2) is 0 Å². The van der Waals surface area contributed by atoms with Crippen LogP contribution < -0.4 is 10.6 Å². The number of para-hydroxylation sites is 1. The van der Waals surface area contributed by atoms with Crippen LogP contribution in [0, 0.1) is 0 Å². The fourth-order valence-corrected chi connectivity index (χ4v) is 4.10. The number of hydrogen-bond acceptors (Lipinski definition) is 3. The Labute approximate surface area is 174 Å². The molecule has 1 fully saturated rings. The lowest BCUT2D eigenvalue weighted by Crippen LogP contribution is -2.40. The van der Waals surface area contributed by atoms with Crippen LogP contribution in [-0.2, 0) is 4.79 Å². The first-order chi connectivity index (χ1) is 14.1. The Morgan fingerprint density at radius 2 is 1.90 bits per heavy atom. The summed E-state index contributed by atoms with van der Waals surface area (Å²) >= 11 is 6.09. The smallest absolute Gasteiger partial charge is 0.324 e. The summed E-state index contributed by atoms with van der Waals surface area (Å²) in [6.07, 6.45) is 8.34. The van der Waals surface area contributed by atoms with Crippen molar-refractivity contribution in [3.05, 3.63) is 53.2 Å². The maximum Gasteiger partial charge on any atom is 0.324 e. The Balaban J connectivity index is 1.35. The van der Waals surface area contributed by atoms with Crippen LogP contribution in [0.5, 0.6) is 0 Å². The number of amides is 3. The minimum atomic E-state index is -0.374. The van der Waals surface area contributed by atoms with E-state index >= 15 is 0 Å². The van der Waals surface area contributed by atoms with Gasteiger partial charge in [0.05, 0.1) is 22.9 Å². The van der Waals surface area contributed by atoms with E-state index < -0.39 is 0 Å². The van der Waals surface area contributed by atoms with E-state index in [1.165, 1.54) is 0 Å². The lowest BCUT2D eigenvalue weighted by molar-refractivity contribution is -0.128. The molecule has 7 nitrogen and oxygen atoms in total. The van der Waals surface area contributed by atoms with Crippen molar-refractivity contribution in [2.75, 3.05) is 23.7 Å². The third kappa shape index (κ3) is 4.45. The predicted molar refractivity (Wildman–Crippen MR) is 113 cm³/mol. The number of allylic oxidation sites excluding steroid dienone is 1. The van der Waals surface area contributed by atoms with Gasteiger partial charge in [0, 0.05) is 24.7 Å². The van der Waals surface area contributed by atoms with E-state index in [9.17, 15) is 9.59 Å². The molecule has 1 aliphatic carbocycles. The predicted octanol–water partition coefficient (Wildman–Crippen LogP) is 4.45. The SMILES string of the molecule is O=C(Nc1ccccc1Cl)Nc1ccnn1C1CCN(C(=O)C2=CCCC2)CC1. The Hall–Kier alpha value is -2.80. The fraction of sp³-hybridized carbons (Fsp3) is 0.381. The van der Waals surface area contributed by atoms with Crippen LogP contribution in [0.15, 0.2) is 48.2 Å². The Kier molecular flexibility index (Phi) is 5.85. The van der Waals surface area contributed by atoms with Crippen LogP contribution in [0.4, 0.5) is 16.3 Å². The lowest BCUT2D eigenvalue weighted by atomic mass is 10.0. The van der Waals surface area contributed by atoms with Crippen LogP contribution >= 0.6 is 11.6 Å². The first-order valence-corrected chi connectivity index (χ1v) is 10.3. The van der Waals surface area contributed by atoms with E-state index in [1.54, 1.807) is 30.5 Å². The van der Waals surface area contributed by atoms with Crippen molar-refractivity contribution in [3.8, 4) is 0 Å². The molecular formula is C21H24ClN5O2. The summed E-state index contributed by atoms with van der Waals surface area (Å²) in [4.78, 5) is 26.9. The minimum Gasteiger partial charge on any atom is -0.339 e. The molecule has 29 heavy (non-hydrogen) atoms. The molecule has 2 aliphatic rings. The van der Waals surface area contributed by atoms with Crippen molar-refractivity contribution in [2.45, 2.75) is 38.1 Å². The number of nitrogens with one attached hydrogen (secondary N) is 2. The van der Waals surface area contributed by atoms with E-state index in [0.717, 1.165) is 37.7 Å². The molecule has 8 heteroatoms. The second-order valence-corrected chi connectivity index (χ2v) is 7.77. The van der Waals surface area contributed by atoms with E-state index in [-0.39, 0.29) is 18.0 Å². The molecule has 0 saturated carbocycles. The van der Waals surface area contributed by atoms with Gasteiger partial charge in [-0.3, -0.25) is 10.1 Å². The summed E-state index contributed by atoms with van der Waals surface area (Å²) in [6.45, 7) is 1.40. The number of carbonyl (C=O) groups excluding carboxylic acids is 2. The first-order valence-electron chi connectivity index (χ1n) is 9.96. The van der Waals surface area contributed by atoms with Gasteiger partial charge in [-0.2, -0.15) is 5.10 Å². The van der Waals surface area contributed by atoms with E-state index in [0.29, 0.717) is 29.6 Å². The highest BCUT2D eigenvalue weighted by Gasteiger charge is 2.27. The standard InChI is InChI=1S/C21H24ClN5O2/c22-17-7-3-4-8-18(17)24-21(29)25-19-9-12-23-27(19)16-10-13-26(14-11-16)20(28)15-5-1-2-6-15/h3-5,7-9,12,16H,1-2,6,10-11,13-14H2,(H2,24,25,29). The van der Waals surface area contributed by atoms with Gasteiger partial charge in [0.25, 0.3) is 0 Å². The van der Waals surface area contributed by atoms with E-state index in [4.69, 9.17) is 11.6 Å². The van der Waals surface area contributed by atoms with Crippen molar-refractivity contribution < 1.29 is 9.59 Å². The largest absolute Gasteiger partial charge is 0.339 e. The number of anilines is 2. The monoisotopic (exact) mass is 413 g/mol. The van der Waals surface area contributed by atoms with Gasteiger partial charge in [-0.05, 0) is 44.2 Å². The Morgan fingerprint density at radius 1 is 1.10 bits per heavy atom. The van der Waals surface area contributed by atoms with Crippen LogP contribution in [0.25, 0.3) is 0 Å². The molecule has 152 valence electrons. The molecule has 0 spiro atoms. The fourth-order valence-electron chi connectivity index (χ4n) is 3.92. The first kappa shape index (κ1) is 19.5. The molecule has 0 bridgehead atoms. The number of hydrogen-bond donors (Lipinski definition) is 2. The average molecular weight is 414 g/mol. The summed E-state index contributed by atoms with van der Waals surface area (Å²) in [5, 5.41) is 10.5. The van der Waals surface area contributed by atoms with Gasteiger partial charge in [-0.25, -0.2) is 9.48 Å². The number of piperidine rings is 1. The number of likely N-dealkylation sites (tertiary alicyclic amines) is 1. The molecule has 2 N–H and O–H groups in total. The van der Waals surface area contributed by atoms with Crippen molar-refractivity contribution in [1.29, 1.82) is 0 Å². The average Bonchev–Trinajstić information content (AvgIpc) is 3.42. The van der Waals surface area contributed by atoms with E-state index in [2.05, 4.69) is 21.8 Å². The van der Waals surface area contributed by atoms with Crippen molar-refractivity contribution >= 4 is 35.0 Å². The summed E-state index contributed by atoms with van der Waals surface area (Å²) < 4.78 is 1.84. The van der Waals surface area contributed by atoms with Gasteiger partial charge in [0.2, 0.25) is 5.91 Å². The topological polar surface area (TPSA) is 79.3 Å². The number of carbonyl (C=O) groups is 2. The zero-order valence-electron chi connectivity index (χ0n) is 16.1. The molecule has 2 aromatic rings. The molecule has 3 amide bonds. The maximum absolute atomic E-state index is 12.6. The summed E-state index contributed by atoms with van der Waals surface area (Å²) in [7, 11) is 0. The number of urea groups is 1. The van der Waals surface area contributed by atoms with Crippen molar-refractivity contribution in [2.24, 2.45) is 0 Å². The number of aromatic nitrogens is 2. The van der Waals surface area contributed by atoms with Crippen molar-refractivity contribution in [3.63, 3.8) is 0 Å². The second-order valence-electron chi connectivity index (χ2n) is 7.36. The number of halogens is 1. The Morgan fingerprint density at radius 3 is 2.62 bits per heavy atom. The molecule has 0 atom stereocenters. The van der Waals surface area contributed by atoms with Gasteiger partial charge in [-0.1, -0.05) is 29.8 Å². The van der Waals surface area contributed by atoms with Crippen LogP contribution in [-0.4, -0.2) is 39.7 Å². The van der Waals surface area contributed by atoms with Gasteiger partial charge in [-0.15, -0.1) is 0 Å². The van der Waals surface area contributed by atoms with Gasteiger partial charge in [0.1, 0.15) is 5.82 Å². The molecule has 2 heterocycles. The Bertz CT molecular complexity index is 931. The minimum absolute atomic E-state index is 0.141. The highest BCUT2D eigenvalue weighted by atomic mass is 35.5. The molecule has 1 aromatic heterocycles. The van der Waals surface area contributed by atoms with Crippen LogP contribution in [0.1, 0.15) is 38.1 Å². The summed E-state index contributed by atoms with van der Waals surface area (Å²) in [6, 6.07) is 8.61. The second kappa shape index (κ2) is 8.69. The van der Waals surface area contributed by atoms with Gasteiger partial charge < -0.3 is 10.2 Å². The molecule has 0 radical (unpaired) electrons. The molecular weight excluding hydrogens is 390 g/mol. The van der Waals surface area contributed by atoms with Crippen molar-refractivity contribution in [1.82, 2.24) is 14.7 Å². The quantitative estimate of drug-likeness (QED) is 0.776. The molecule has 1 aliphatic heterocycles. The lowest BCUT2D eigenvalue weighted by Gasteiger charge is -2.33. The van der Waals surface area contributed by atoms with Gasteiger partial charge >= 0.3 is 6.03 Å². The van der Waals surface area contributed by atoms with Crippen LogP contribution in [0.3, 0.4) is 0 Å². The number of rotatable bonds is 4. The highest BCUT2D eigenvalue weighted by Crippen LogP contribution is 2.28. The number of benzene rings is 1. The third-order valence-electron chi connectivity index (χ3n) is 5.45. The van der Waals surface area contributed by atoms with E-state index in [1.807, 2.05) is 15.6 Å². The zero-order valence-corrected chi connectivity index (χ0v) is 16.9. The highest BCUT2D eigenvalue weighted by molar-refractivity contribution is 6.33. The summed E-state index contributed by atoms with van der Waals surface area (Å²) in [5.74, 6) is 0.803. The molecule has 0 unspecified atom stereocenters. The molecule has 4 rings (SSSR count). The molecule has 1 saturated heterocycles. The van der Waals surface area contributed by atoms with Crippen LogP contribution in [0.2, 0.25) is 5.02 Å². The zero-order chi connectivity index (χ0) is 20.2. The maximum atomic E-state index is 12.6. The third-order valence-corrected chi connectivity index (χ3v) is 5.78.